The van der Waals surface area contributed by atoms with Gasteiger partial charge < -0.3 is 14.6 Å². The molecule has 0 radical (unpaired) electrons. The minimum atomic E-state index is -0.345. The van der Waals surface area contributed by atoms with E-state index in [1.54, 1.807) is 0 Å². The fraction of sp³-hybridized carbons (Fsp3) is 0.909. The summed E-state index contributed by atoms with van der Waals surface area (Å²) in [6, 6.07) is 0. The Kier molecular flexibility index (Phi) is 2.64. The van der Waals surface area contributed by atoms with Crippen LogP contribution in [0.4, 0.5) is 0 Å². The van der Waals surface area contributed by atoms with E-state index < -0.39 is 0 Å². The maximum absolute atomic E-state index is 11.4. The highest BCUT2D eigenvalue weighted by atomic mass is 16.6. The van der Waals surface area contributed by atoms with E-state index in [2.05, 4.69) is 18.4 Å². The van der Waals surface area contributed by atoms with Gasteiger partial charge in [-0.05, 0) is 61.9 Å². The second-order valence-electron chi connectivity index (χ2n) is 10.8. The summed E-state index contributed by atoms with van der Waals surface area (Å²) in [6.07, 6.45) is 8.94. The highest BCUT2D eigenvalue weighted by Crippen LogP contribution is 2.79. The standard InChI is InChI=1S/C22H31NO3/c1-12-13-4-7-22(17(12)24)15(10-13)21-6-3-5-20(2)14(21)11-16(22)26-19(21)23-8-9-25-18(20)23/h13-19,24H,1,3-11H2,2H3/t13-,14?,15?,16+,17-,18?,19?,20+,21-,22+/m0/s1. The van der Waals surface area contributed by atoms with E-state index in [1.807, 2.05) is 0 Å². The van der Waals surface area contributed by atoms with E-state index in [4.69, 9.17) is 9.47 Å². The van der Waals surface area contributed by atoms with E-state index in [9.17, 15) is 5.11 Å². The Balaban J connectivity index is 1.45. The third kappa shape index (κ3) is 1.32. The molecule has 0 aromatic rings. The van der Waals surface area contributed by atoms with Crippen LogP contribution in [0.2, 0.25) is 0 Å². The van der Waals surface area contributed by atoms with Crippen molar-refractivity contribution in [2.24, 2.45) is 34.0 Å². The van der Waals surface area contributed by atoms with Crippen molar-refractivity contribution in [2.45, 2.75) is 76.5 Å². The molecule has 10 atom stereocenters. The van der Waals surface area contributed by atoms with E-state index in [0.29, 0.717) is 17.8 Å². The molecule has 4 nitrogen and oxygen atoms in total. The Labute approximate surface area is 155 Å². The third-order valence-electron chi connectivity index (χ3n) is 10.5. The van der Waals surface area contributed by atoms with E-state index >= 15 is 0 Å². The summed E-state index contributed by atoms with van der Waals surface area (Å²) in [6.45, 7) is 8.71. The van der Waals surface area contributed by atoms with Gasteiger partial charge in [0.25, 0.3) is 0 Å². The average Bonchev–Trinajstić information content (AvgIpc) is 3.14. The van der Waals surface area contributed by atoms with E-state index in [-0.39, 0.29) is 40.9 Å². The summed E-state index contributed by atoms with van der Waals surface area (Å²) in [5.74, 6) is 1.84. The maximum Gasteiger partial charge on any atom is 0.119 e. The first kappa shape index (κ1) is 15.5. The Hall–Kier alpha value is -0.420. The lowest BCUT2D eigenvalue weighted by atomic mass is 9.32. The normalized spacial score (nSPS) is 65.2. The first-order chi connectivity index (χ1) is 12.5. The maximum atomic E-state index is 11.4. The number of piperidine rings is 1. The molecule has 0 aromatic heterocycles. The number of aliphatic hydroxyl groups excluding tert-OH is 1. The van der Waals surface area contributed by atoms with Gasteiger partial charge in [-0.1, -0.05) is 19.9 Å². The van der Waals surface area contributed by atoms with E-state index in [0.717, 1.165) is 31.6 Å². The van der Waals surface area contributed by atoms with Gasteiger partial charge in [0.1, 0.15) is 12.5 Å². The monoisotopic (exact) mass is 357 g/mol. The van der Waals surface area contributed by atoms with Gasteiger partial charge in [0.15, 0.2) is 0 Å². The molecular formula is C22H31NO3. The van der Waals surface area contributed by atoms with Crippen molar-refractivity contribution in [2.75, 3.05) is 13.2 Å². The predicted molar refractivity (Wildman–Crippen MR) is 96.0 cm³/mol. The molecule has 0 aromatic carbocycles. The zero-order valence-electron chi connectivity index (χ0n) is 15.8. The number of ether oxygens (including phenoxy) is 2. The Morgan fingerprint density at radius 3 is 2.88 bits per heavy atom. The summed E-state index contributed by atoms with van der Waals surface area (Å²) in [4.78, 5) is 2.60. The zero-order chi connectivity index (χ0) is 17.5. The molecule has 2 spiro atoms. The number of rotatable bonds is 0. The van der Waals surface area contributed by atoms with Crippen LogP contribution in [0.1, 0.15) is 51.9 Å². The zero-order valence-corrected chi connectivity index (χ0v) is 15.8. The number of aliphatic hydroxyl groups is 1. The molecule has 142 valence electrons. The molecule has 1 N–H and O–H groups in total. The lowest BCUT2D eigenvalue weighted by molar-refractivity contribution is -0.422. The van der Waals surface area contributed by atoms with Gasteiger partial charge in [-0.15, -0.1) is 0 Å². The SMILES string of the molecule is C=C1[C@H]2CC[C@]3(C(C2)[C@@]24CCC[C@@]5(C)C6OCCN6C2O[C@@H]3CC54)[C@H]1O. The van der Waals surface area contributed by atoms with Crippen molar-refractivity contribution in [1.29, 1.82) is 0 Å². The van der Waals surface area contributed by atoms with Crippen LogP contribution in [-0.4, -0.2) is 47.8 Å². The van der Waals surface area contributed by atoms with Gasteiger partial charge >= 0.3 is 0 Å². The van der Waals surface area contributed by atoms with Crippen LogP contribution in [0.15, 0.2) is 12.2 Å². The van der Waals surface area contributed by atoms with Crippen LogP contribution in [0, 0.1) is 34.0 Å². The molecule has 9 aliphatic rings. The fourth-order valence-electron chi connectivity index (χ4n) is 9.72. The predicted octanol–water partition coefficient (Wildman–Crippen LogP) is 2.91. The van der Waals surface area contributed by atoms with Crippen molar-refractivity contribution in [3.63, 3.8) is 0 Å². The molecule has 4 heterocycles. The van der Waals surface area contributed by atoms with Crippen LogP contribution < -0.4 is 0 Å². The highest BCUT2D eigenvalue weighted by Gasteiger charge is 2.80. The minimum absolute atomic E-state index is 0.0511. The number of fused-ring (bicyclic) bond motifs is 4. The van der Waals surface area contributed by atoms with Crippen LogP contribution in [0.3, 0.4) is 0 Å². The highest BCUT2D eigenvalue weighted by molar-refractivity contribution is 5.32. The van der Waals surface area contributed by atoms with Crippen molar-refractivity contribution in [1.82, 2.24) is 4.90 Å². The molecule has 9 fully saturated rings. The quantitative estimate of drug-likeness (QED) is 0.677. The molecule has 4 heteroatoms. The largest absolute Gasteiger partial charge is 0.388 e. The van der Waals surface area contributed by atoms with Crippen molar-refractivity contribution in [3.8, 4) is 0 Å². The van der Waals surface area contributed by atoms with Crippen LogP contribution in [0.25, 0.3) is 0 Å². The van der Waals surface area contributed by atoms with Gasteiger partial charge in [0.2, 0.25) is 0 Å². The molecular weight excluding hydrogens is 326 g/mol. The fourth-order valence-corrected chi connectivity index (χ4v) is 9.72. The van der Waals surface area contributed by atoms with Gasteiger partial charge in [0.05, 0.1) is 18.8 Å². The summed E-state index contributed by atoms with van der Waals surface area (Å²) >= 11 is 0. The third-order valence-corrected chi connectivity index (χ3v) is 10.5. The molecule has 4 aliphatic heterocycles. The van der Waals surface area contributed by atoms with Gasteiger partial charge in [-0.2, -0.15) is 0 Å². The molecule has 4 saturated heterocycles. The average molecular weight is 357 g/mol. The van der Waals surface area contributed by atoms with Crippen LogP contribution in [-0.2, 0) is 9.47 Å². The molecule has 26 heavy (non-hydrogen) atoms. The Bertz CT molecular complexity index is 710. The molecule has 4 unspecified atom stereocenters. The first-order valence-corrected chi connectivity index (χ1v) is 10.9. The van der Waals surface area contributed by atoms with Gasteiger partial charge in [-0.25, -0.2) is 4.90 Å². The Morgan fingerprint density at radius 1 is 1.12 bits per heavy atom. The summed E-state index contributed by atoms with van der Waals surface area (Å²) in [5.41, 5.74) is 1.55. The molecule has 5 aliphatic carbocycles. The lowest BCUT2D eigenvalue weighted by Gasteiger charge is -2.80. The molecule has 0 amide bonds. The van der Waals surface area contributed by atoms with Crippen LogP contribution >= 0.6 is 0 Å². The molecule has 5 saturated carbocycles. The second kappa shape index (κ2) is 4.42. The van der Waals surface area contributed by atoms with Crippen molar-refractivity contribution >= 4 is 0 Å². The molecule has 7 bridgehead atoms. The number of hydrogen-bond acceptors (Lipinski definition) is 4. The van der Waals surface area contributed by atoms with E-state index in [1.165, 1.54) is 32.1 Å². The number of hydrogen-bond donors (Lipinski definition) is 1. The topological polar surface area (TPSA) is 41.9 Å². The van der Waals surface area contributed by atoms with Crippen molar-refractivity contribution in [3.05, 3.63) is 12.2 Å². The smallest absolute Gasteiger partial charge is 0.119 e. The Morgan fingerprint density at radius 2 is 2.00 bits per heavy atom. The first-order valence-electron chi connectivity index (χ1n) is 10.9. The summed E-state index contributed by atoms with van der Waals surface area (Å²) in [5, 5.41) is 11.4. The lowest BCUT2D eigenvalue weighted by Crippen LogP contribution is -2.83. The van der Waals surface area contributed by atoms with Gasteiger partial charge in [-0.3, -0.25) is 0 Å². The summed E-state index contributed by atoms with van der Waals surface area (Å²) in [7, 11) is 0. The minimum Gasteiger partial charge on any atom is -0.388 e. The summed E-state index contributed by atoms with van der Waals surface area (Å²) < 4.78 is 13.2. The molecule has 9 rings (SSSR count). The second-order valence-corrected chi connectivity index (χ2v) is 10.8. The van der Waals surface area contributed by atoms with Crippen molar-refractivity contribution < 1.29 is 14.6 Å². The van der Waals surface area contributed by atoms with Gasteiger partial charge in [0, 0.05) is 22.8 Å². The number of nitrogens with zero attached hydrogens (tertiary/aromatic N) is 1. The van der Waals surface area contributed by atoms with Crippen LogP contribution in [0.5, 0.6) is 0 Å².